The lowest BCUT2D eigenvalue weighted by Gasteiger charge is -2.23. The van der Waals surface area contributed by atoms with Gasteiger partial charge in [-0.05, 0) is 43.5 Å². The highest BCUT2D eigenvalue weighted by atomic mass is 79.9. The van der Waals surface area contributed by atoms with Crippen molar-refractivity contribution in [3.05, 3.63) is 28.2 Å². The molecule has 0 aliphatic carbocycles. The lowest BCUT2D eigenvalue weighted by molar-refractivity contribution is 0.1000. The fourth-order valence-corrected chi connectivity index (χ4v) is 3.60. The average molecular weight is 317 g/mol. The van der Waals surface area contributed by atoms with Crippen molar-refractivity contribution in [1.29, 1.82) is 0 Å². The normalized spacial score (nSPS) is 19.2. The molecule has 2 rings (SSSR count). The van der Waals surface area contributed by atoms with Crippen LogP contribution in [0.3, 0.4) is 0 Å². The van der Waals surface area contributed by atoms with E-state index in [-0.39, 0.29) is 0 Å². The zero-order valence-corrected chi connectivity index (χ0v) is 12.3. The van der Waals surface area contributed by atoms with E-state index in [0.717, 1.165) is 36.1 Å². The minimum Gasteiger partial charge on any atom is -0.389 e. The maximum Gasteiger partial charge on any atom is 0.0773 e. The third kappa shape index (κ3) is 3.71. The van der Waals surface area contributed by atoms with Crippen molar-refractivity contribution in [3.63, 3.8) is 0 Å². The lowest BCUT2D eigenvalue weighted by Crippen LogP contribution is -2.17. The fourth-order valence-electron chi connectivity index (χ4n) is 1.93. The van der Waals surface area contributed by atoms with Gasteiger partial charge in [0.2, 0.25) is 0 Å². The summed E-state index contributed by atoms with van der Waals surface area (Å²) in [6.07, 6.45) is 1.77. The summed E-state index contributed by atoms with van der Waals surface area (Å²) in [5, 5.41) is 10.4. The Morgan fingerprint density at radius 1 is 1.41 bits per heavy atom. The maximum absolute atomic E-state index is 9.80. The molecule has 1 aliphatic rings. The van der Waals surface area contributed by atoms with E-state index in [4.69, 9.17) is 4.74 Å². The fraction of sp³-hybridized carbons (Fsp3) is 0.538. The molecule has 1 aliphatic heterocycles. The third-order valence-electron chi connectivity index (χ3n) is 2.88. The second kappa shape index (κ2) is 6.23. The molecule has 17 heavy (non-hydrogen) atoms. The molecule has 94 valence electrons. The van der Waals surface area contributed by atoms with Crippen LogP contribution in [0, 0.1) is 0 Å². The average Bonchev–Trinajstić information content (AvgIpc) is 2.32. The van der Waals surface area contributed by atoms with Crippen molar-refractivity contribution in [2.45, 2.75) is 36.0 Å². The molecule has 0 amide bonds. The Morgan fingerprint density at radius 2 is 2.12 bits per heavy atom. The van der Waals surface area contributed by atoms with Crippen LogP contribution < -0.4 is 0 Å². The van der Waals surface area contributed by atoms with Crippen LogP contribution in [0.15, 0.2) is 27.6 Å². The first kappa shape index (κ1) is 13.4. The molecule has 0 radical (unpaired) electrons. The van der Waals surface area contributed by atoms with Gasteiger partial charge < -0.3 is 9.84 Å². The lowest BCUT2D eigenvalue weighted by atomic mass is 10.1. The monoisotopic (exact) mass is 316 g/mol. The number of hydrogen-bond donors (Lipinski definition) is 1. The Bertz CT molecular complexity index is 376. The topological polar surface area (TPSA) is 29.5 Å². The Morgan fingerprint density at radius 3 is 2.76 bits per heavy atom. The first-order valence-electron chi connectivity index (χ1n) is 5.88. The number of thioether (sulfide) groups is 1. The smallest absolute Gasteiger partial charge is 0.0773 e. The summed E-state index contributed by atoms with van der Waals surface area (Å²) < 4.78 is 6.38. The van der Waals surface area contributed by atoms with E-state index >= 15 is 0 Å². The molecule has 0 aromatic heterocycles. The van der Waals surface area contributed by atoms with Crippen LogP contribution in [-0.4, -0.2) is 23.6 Å². The van der Waals surface area contributed by atoms with Crippen LogP contribution in [0.2, 0.25) is 0 Å². The summed E-state index contributed by atoms with van der Waals surface area (Å²) in [6.45, 7) is 3.53. The minimum absolute atomic E-state index is 0.421. The van der Waals surface area contributed by atoms with Crippen LogP contribution in [0.1, 0.15) is 31.4 Å². The van der Waals surface area contributed by atoms with E-state index < -0.39 is 6.10 Å². The van der Waals surface area contributed by atoms with Gasteiger partial charge in [0, 0.05) is 27.8 Å². The number of hydrogen-bond acceptors (Lipinski definition) is 3. The first-order valence-corrected chi connectivity index (χ1v) is 7.56. The van der Waals surface area contributed by atoms with Crippen molar-refractivity contribution in [2.24, 2.45) is 0 Å². The zero-order chi connectivity index (χ0) is 12.3. The predicted octanol–water partition coefficient (Wildman–Crippen LogP) is 3.77. The van der Waals surface area contributed by atoms with Gasteiger partial charge in [0.15, 0.2) is 0 Å². The SMILES string of the molecule is CC(O)c1cc(Br)ccc1SC1CCOCC1. The number of aliphatic hydroxyl groups excluding tert-OH is 1. The molecule has 4 heteroatoms. The van der Waals surface area contributed by atoms with Gasteiger partial charge in [-0.15, -0.1) is 11.8 Å². The molecule has 1 aromatic carbocycles. The summed E-state index contributed by atoms with van der Waals surface area (Å²) in [7, 11) is 0. The number of aliphatic hydroxyl groups is 1. The summed E-state index contributed by atoms with van der Waals surface area (Å²) in [4.78, 5) is 1.19. The van der Waals surface area contributed by atoms with Crippen molar-refractivity contribution < 1.29 is 9.84 Å². The molecule has 0 bridgehead atoms. The molecule has 1 fully saturated rings. The van der Waals surface area contributed by atoms with Crippen molar-refractivity contribution in [3.8, 4) is 0 Å². The van der Waals surface area contributed by atoms with E-state index in [1.807, 2.05) is 30.8 Å². The van der Waals surface area contributed by atoms with Crippen LogP contribution in [-0.2, 0) is 4.74 Å². The Balaban J connectivity index is 2.13. The molecule has 2 nitrogen and oxygen atoms in total. The summed E-state index contributed by atoms with van der Waals surface area (Å²) in [5.74, 6) is 0. The van der Waals surface area contributed by atoms with E-state index in [0.29, 0.717) is 5.25 Å². The largest absolute Gasteiger partial charge is 0.389 e. The molecule has 1 unspecified atom stereocenters. The van der Waals surface area contributed by atoms with Gasteiger partial charge in [0.1, 0.15) is 0 Å². The molecule has 1 N–H and O–H groups in total. The highest BCUT2D eigenvalue weighted by molar-refractivity contribution is 9.10. The molecular formula is C13H17BrO2S. The summed E-state index contributed by atoms with van der Waals surface area (Å²) >= 11 is 5.32. The van der Waals surface area contributed by atoms with Crippen molar-refractivity contribution in [2.75, 3.05) is 13.2 Å². The van der Waals surface area contributed by atoms with Crippen LogP contribution in [0.25, 0.3) is 0 Å². The second-order valence-corrected chi connectivity index (χ2v) is 6.55. The number of ether oxygens (including phenoxy) is 1. The summed E-state index contributed by atoms with van der Waals surface area (Å²) in [5.41, 5.74) is 1.01. The second-order valence-electron chi connectivity index (χ2n) is 4.29. The molecule has 0 spiro atoms. The molecule has 1 saturated heterocycles. The standard InChI is InChI=1S/C13H17BrO2S/c1-9(15)12-8-10(14)2-3-13(12)17-11-4-6-16-7-5-11/h2-3,8-9,11,15H,4-7H2,1H3. The van der Waals surface area contributed by atoms with Gasteiger partial charge in [0.05, 0.1) is 6.10 Å². The van der Waals surface area contributed by atoms with Crippen LogP contribution in [0.5, 0.6) is 0 Å². The zero-order valence-electron chi connectivity index (χ0n) is 9.86. The number of rotatable bonds is 3. The molecule has 1 atom stereocenters. The van der Waals surface area contributed by atoms with Crippen LogP contribution in [0.4, 0.5) is 0 Å². The highest BCUT2D eigenvalue weighted by Crippen LogP contribution is 2.35. The van der Waals surface area contributed by atoms with Gasteiger partial charge in [-0.1, -0.05) is 15.9 Å². The van der Waals surface area contributed by atoms with Crippen LogP contribution >= 0.6 is 27.7 Å². The third-order valence-corrected chi connectivity index (χ3v) is 4.81. The Hall–Kier alpha value is -0.0300. The van der Waals surface area contributed by atoms with E-state index in [2.05, 4.69) is 22.0 Å². The molecule has 1 aromatic rings. The quantitative estimate of drug-likeness (QED) is 0.920. The van der Waals surface area contributed by atoms with E-state index in [9.17, 15) is 5.11 Å². The molecule has 0 saturated carbocycles. The molecule has 1 heterocycles. The Kier molecular flexibility index (Phi) is 4.91. The van der Waals surface area contributed by atoms with Gasteiger partial charge >= 0.3 is 0 Å². The molecular weight excluding hydrogens is 300 g/mol. The van der Waals surface area contributed by atoms with Gasteiger partial charge in [0.25, 0.3) is 0 Å². The predicted molar refractivity (Wildman–Crippen MR) is 74.5 cm³/mol. The van der Waals surface area contributed by atoms with Gasteiger partial charge in [-0.25, -0.2) is 0 Å². The van der Waals surface area contributed by atoms with Crippen molar-refractivity contribution in [1.82, 2.24) is 0 Å². The van der Waals surface area contributed by atoms with E-state index in [1.54, 1.807) is 0 Å². The van der Waals surface area contributed by atoms with E-state index in [1.165, 1.54) is 4.90 Å². The number of benzene rings is 1. The maximum atomic E-state index is 9.80. The Labute approximate surface area is 115 Å². The summed E-state index contributed by atoms with van der Waals surface area (Å²) in [6, 6.07) is 6.13. The van der Waals surface area contributed by atoms with Crippen molar-refractivity contribution >= 4 is 27.7 Å². The number of halogens is 1. The first-order chi connectivity index (χ1) is 8.16. The highest BCUT2D eigenvalue weighted by Gasteiger charge is 2.18. The van der Waals surface area contributed by atoms with Gasteiger partial charge in [-0.2, -0.15) is 0 Å². The van der Waals surface area contributed by atoms with Gasteiger partial charge in [-0.3, -0.25) is 0 Å². The minimum atomic E-state index is -0.421.